The van der Waals surface area contributed by atoms with Crippen molar-refractivity contribution in [3.05, 3.63) is 0 Å². The third kappa shape index (κ3) is 1.89. The van der Waals surface area contributed by atoms with Gasteiger partial charge in [0.25, 0.3) is 0 Å². The van der Waals surface area contributed by atoms with Gasteiger partial charge in [0, 0.05) is 0 Å². The minimum Gasteiger partial charge on any atom is -0.0776 e. The molecule has 0 bridgehead atoms. The summed E-state index contributed by atoms with van der Waals surface area (Å²) in [5.41, 5.74) is 0. The van der Waals surface area contributed by atoms with E-state index in [1.54, 1.807) is 0 Å². The third-order valence-corrected chi connectivity index (χ3v) is 12.5. The topological polar surface area (TPSA) is 0 Å². The SMILES string of the molecule is C.C.C.C.C.C.C.CC1C(C)C2C1C1C2C2C1C1C3C4C5C(C)C(C)C5C4C3C21. The molecule has 0 radical (unpaired) electrons. The van der Waals surface area contributed by atoms with Crippen molar-refractivity contribution < 1.29 is 0 Å². The van der Waals surface area contributed by atoms with Crippen molar-refractivity contribution in [2.45, 2.75) is 79.7 Å². The summed E-state index contributed by atoms with van der Waals surface area (Å²) < 4.78 is 0. The zero-order valence-corrected chi connectivity index (χ0v) is 14.4. The smallest absolute Gasteiger partial charge is 0.0312 e. The van der Waals surface area contributed by atoms with Crippen LogP contribution in [0.2, 0.25) is 0 Å². The Labute approximate surface area is 186 Å². The molecule has 0 saturated heterocycles. The minimum absolute atomic E-state index is 0. The van der Waals surface area contributed by atoms with Crippen LogP contribution in [0, 0.1) is 107 Å². The Bertz CT molecular complexity index is 516. The molecular formula is C29H58. The second kappa shape index (κ2) is 7.00. The molecule has 0 aromatic heterocycles. The molecule has 0 N–H and O–H groups in total. The van der Waals surface area contributed by atoms with Crippen LogP contribution in [0.5, 0.6) is 0 Å². The van der Waals surface area contributed by atoms with Gasteiger partial charge in [-0.25, -0.2) is 0 Å². The fraction of sp³-hybridized carbons (Fsp3) is 1.00. The predicted octanol–water partition coefficient (Wildman–Crippen LogP) is 8.72. The molecule has 0 heterocycles. The Morgan fingerprint density at radius 3 is 0.448 bits per heavy atom. The first kappa shape index (κ1) is 27.0. The van der Waals surface area contributed by atoms with Crippen LogP contribution in [-0.4, -0.2) is 0 Å². The first-order chi connectivity index (χ1) is 10.6. The van der Waals surface area contributed by atoms with E-state index in [0.717, 1.165) is 23.7 Å². The zero-order chi connectivity index (χ0) is 14.4. The first-order valence-electron chi connectivity index (χ1n) is 10.6. The van der Waals surface area contributed by atoms with Crippen molar-refractivity contribution in [2.75, 3.05) is 0 Å². The van der Waals surface area contributed by atoms with Gasteiger partial charge in [-0.15, -0.1) is 0 Å². The number of hydrogen-bond donors (Lipinski definition) is 0. The van der Waals surface area contributed by atoms with Crippen LogP contribution >= 0.6 is 0 Å². The average Bonchev–Trinajstić information content (AvgIpc) is 2.47. The molecule has 8 rings (SSSR count). The van der Waals surface area contributed by atoms with E-state index in [1.807, 2.05) is 0 Å². The molecule has 0 aromatic rings. The largest absolute Gasteiger partial charge is 0.0776 e. The molecule has 8 aliphatic carbocycles. The maximum absolute atomic E-state index is 2.57. The molecule has 0 aromatic carbocycles. The first-order valence-corrected chi connectivity index (χ1v) is 10.6. The van der Waals surface area contributed by atoms with Gasteiger partial charge in [0.2, 0.25) is 0 Å². The quantitative estimate of drug-likeness (QED) is 0.353. The molecule has 0 heteroatoms. The lowest BCUT2D eigenvalue weighted by molar-refractivity contribution is -0.484. The van der Waals surface area contributed by atoms with E-state index in [-0.39, 0.29) is 52.0 Å². The molecule has 16 atom stereocenters. The van der Waals surface area contributed by atoms with E-state index in [4.69, 9.17) is 0 Å². The fourth-order valence-electron chi connectivity index (χ4n) is 11.8. The minimum atomic E-state index is 0. The van der Waals surface area contributed by atoms with Gasteiger partial charge < -0.3 is 0 Å². The Balaban J connectivity index is 0.000000601. The Morgan fingerprint density at radius 2 is 0.310 bits per heavy atom. The van der Waals surface area contributed by atoms with Gasteiger partial charge in [-0.1, -0.05) is 79.7 Å². The third-order valence-electron chi connectivity index (χ3n) is 12.5. The standard InChI is InChI=1S/C22H30.7CH4/c1-5-6(2)10-9(5)13-14(10)18-17(13)21-19-15-11-7(3)8(4)12(11)16(15)20(19)22(18)21;;;;;;;/h5-22H,1-4H3;7*1H4. The van der Waals surface area contributed by atoms with Crippen molar-refractivity contribution in [3.8, 4) is 0 Å². The van der Waals surface area contributed by atoms with E-state index in [9.17, 15) is 0 Å². The van der Waals surface area contributed by atoms with Crippen molar-refractivity contribution in [1.29, 1.82) is 0 Å². The number of fused-ring (bicyclic) bond motifs is 19. The van der Waals surface area contributed by atoms with Gasteiger partial charge in [-0.2, -0.15) is 0 Å². The van der Waals surface area contributed by atoms with Crippen LogP contribution in [-0.2, 0) is 0 Å². The highest BCUT2D eigenvalue weighted by Gasteiger charge is 2.90. The average molecular weight is 407 g/mol. The molecule has 0 spiro atoms. The lowest BCUT2D eigenvalue weighted by Gasteiger charge is -2.95. The summed E-state index contributed by atoms with van der Waals surface area (Å²) in [5, 5.41) is 0. The van der Waals surface area contributed by atoms with E-state index in [1.165, 1.54) is 82.9 Å². The Kier molecular flexibility index (Phi) is 6.53. The molecule has 0 amide bonds. The highest BCUT2D eigenvalue weighted by molar-refractivity contribution is 5.37. The van der Waals surface area contributed by atoms with Crippen LogP contribution in [0.4, 0.5) is 0 Å². The van der Waals surface area contributed by atoms with E-state index < -0.39 is 0 Å². The molecule has 29 heavy (non-hydrogen) atoms. The summed E-state index contributed by atoms with van der Waals surface area (Å²) in [6.07, 6.45) is 0. The molecule has 0 aliphatic heterocycles. The number of rotatable bonds is 0. The molecule has 16 unspecified atom stereocenters. The number of hydrogen-bond acceptors (Lipinski definition) is 0. The summed E-state index contributed by atoms with van der Waals surface area (Å²) in [6, 6.07) is 0. The lowest BCUT2D eigenvalue weighted by Crippen LogP contribution is -2.92. The molecule has 0 nitrogen and oxygen atoms in total. The molecule has 174 valence electrons. The second-order valence-electron chi connectivity index (χ2n) is 11.5. The van der Waals surface area contributed by atoms with Crippen LogP contribution in [0.1, 0.15) is 79.7 Å². The molecule has 8 saturated carbocycles. The molecular weight excluding hydrogens is 348 g/mol. The van der Waals surface area contributed by atoms with Gasteiger partial charge in [0.1, 0.15) is 0 Å². The fourth-order valence-corrected chi connectivity index (χ4v) is 11.8. The van der Waals surface area contributed by atoms with Gasteiger partial charge in [0.15, 0.2) is 0 Å². The highest BCUT2D eigenvalue weighted by Crippen LogP contribution is 2.93. The van der Waals surface area contributed by atoms with Gasteiger partial charge in [-0.3, -0.25) is 0 Å². The lowest BCUT2D eigenvalue weighted by atomic mass is 9.09. The highest BCUT2D eigenvalue weighted by atomic mass is 14.9. The maximum atomic E-state index is 2.57. The van der Waals surface area contributed by atoms with Crippen molar-refractivity contribution >= 4 is 0 Å². The van der Waals surface area contributed by atoms with Gasteiger partial charge in [-0.05, 0) is 107 Å². The monoisotopic (exact) mass is 406 g/mol. The van der Waals surface area contributed by atoms with Crippen LogP contribution in [0.25, 0.3) is 0 Å². The van der Waals surface area contributed by atoms with Crippen molar-refractivity contribution in [3.63, 3.8) is 0 Å². The maximum Gasteiger partial charge on any atom is -0.0312 e. The van der Waals surface area contributed by atoms with Crippen molar-refractivity contribution in [2.24, 2.45) is 107 Å². The second-order valence-corrected chi connectivity index (χ2v) is 11.5. The summed E-state index contributed by atoms with van der Waals surface area (Å²) in [4.78, 5) is 0. The summed E-state index contributed by atoms with van der Waals surface area (Å²) in [6.45, 7) is 10.3. The van der Waals surface area contributed by atoms with E-state index >= 15 is 0 Å². The Hall–Kier alpha value is 0. The van der Waals surface area contributed by atoms with Gasteiger partial charge in [0.05, 0.1) is 0 Å². The summed E-state index contributed by atoms with van der Waals surface area (Å²) in [7, 11) is 0. The predicted molar refractivity (Wildman–Crippen MR) is 133 cm³/mol. The molecule has 8 fully saturated rings. The molecule has 8 aliphatic rings. The summed E-state index contributed by atoms with van der Waals surface area (Å²) >= 11 is 0. The zero-order valence-electron chi connectivity index (χ0n) is 14.4. The van der Waals surface area contributed by atoms with Gasteiger partial charge >= 0.3 is 0 Å². The van der Waals surface area contributed by atoms with E-state index in [0.29, 0.717) is 0 Å². The van der Waals surface area contributed by atoms with E-state index in [2.05, 4.69) is 27.7 Å². The van der Waals surface area contributed by atoms with Crippen molar-refractivity contribution in [1.82, 2.24) is 0 Å². The van der Waals surface area contributed by atoms with Crippen LogP contribution in [0.15, 0.2) is 0 Å². The Morgan fingerprint density at radius 1 is 0.207 bits per heavy atom. The normalized spacial score (nSPS) is 67.4. The van der Waals surface area contributed by atoms with Crippen LogP contribution in [0.3, 0.4) is 0 Å². The van der Waals surface area contributed by atoms with Crippen LogP contribution < -0.4 is 0 Å². The summed E-state index contributed by atoms with van der Waals surface area (Å²) in [5.74, 6) is 21.7.